The molecule has 1 aliphatic rings. The Morgan fingerprint density at radius 1 is 1.50 bits per heavy atom. The molecule has 1 saturated heterocycles. The Bertz CT molecular complexity index is 542. The van der Waals surface area contributed by atoms with Crippen molar-refractivity contribution in [1.82, 2.24) is 4.98 Å². The summed E-state index contributed by atoms with van der Waals surface area (Å²) in [4.78, 5) is 28.5. The van der Waals surface area contributed by atoms with Gasteiger partial charge in [-0.2, -0.15) is 0 Å². The molecule has 2 rings (SSSR count). The van der Waals surface area contributed by atoms with Crippen molar-refractivity contribution in [2.24, 2.45) is 11.1 Å². The lowest BCUT2D eigenvalue weighted by Gasteiger charge is -2.45. The molecule has 0 spiro atoms. The van der Waals surface area contributed by atoms with Crippen molar-refractivity contribution in [3.63, 3.8) is 0 Å². The minimum absolute atomic E-state index is 0.148. The molecule has 108 valence electrons. The lowest BCUT2D eigenvalue weighted by molar-refractivity contribution is -0.142. The van der Waals surface area contributed by atoms with Gasteiger partial charge in [-0.15, -0.1) is 0 Å². The summed E-state index contributed by atoms with van der Waals surface area (Å²) in [5, 5.41) is 9.54. The van der Waals surface area contributed by atoms with Crippen molar-refractivity contribution < 1.29 is 14.7 Å². The van der Waals surface area contributed by atoms with E-state index in [0.717, 1.165) is 12.8 Å². The van der Waals surface area contributed by atoms with E-state index in [1.807, 2.05) is 18.7 Å². The summed E-state index contributed by atoms with van der Waals surface area (Å²) >= 11 is 0. The van der Waals surface area contributed by atoms with E-state index in [-0.39, 0.29) is 11.1 Å². The molecule has 0 radical (unpaired) electrons. The summed E-state index contributed by atoms with van der Waals surface area (Å²) in [5.41, 5.74) is 5.71. The molecule has 0 saturated carbocycles. The molecule has 3 N–H and O–H groups in total. The lowest BCUT2D eigenvalue weighted by Crippen LogP contribution is -2.54. The van der Waals surface area contributed by atoms with Crippen LogP contribution in [-0.4, -0.2) is 34.6 Å². The number of amides is 1. The molecule has 0 aliphatic carbocycles. The van der Waals surface area contributed by atoms with Gasteiger partial charge in [-0.3, -0.25) is 9.78 Å². The molecule has 0 aromatic carbocycles. The first-order chi connectivity index (χ1) is 9.33. The quantitative estimate of drug-likeness (QED) is 0.867. The van der Waals surface area contributed by atoms with E-state index in [2.05, 4.69) is 4.98 Å². The van der Waals surface area contributed by atoms with Crippen LogP contribution in [0.3, 0.4) is 0 Å². The predicted octanol–water partition coefficient (Wildman–Crippen LogP) is 1.26. The molecule has 1 aromatic rings. The standard InChI is InChI=1S/C14H19N3O3/c1-14(2)5-3-7-17(11(14)13(19)20)9-4-6-16-10(8-9)12(15)18/h4,6,8,11H,3,5,7H2,1-2H3,(H2,15,18)(H,19,20). The Balaban J connectivity index is 2.41. The second-order valence-corrected chi connectivity index (χ2v) is 5.79. The van der Waals surface area contributed by atoms with Gasteiger partial charge in [0.25, 0.3) is 5.91 Å². The maximum absolute atomic E-state index is 11.6. The second kappa shape index (κ2) is 5.11. The van der Waals surface area contributed by atoms with Crippen LogP contribution in [0.25, 0.3) is 0 Å². The van der Waals surface area contributed by atoms with Gasteiger partial charge < -0.3 is 15.7 Å². The Morgan fingerprint density at radius 2 is 2.20 bits per heavy atom. The molecule has 1 amide bonds. The third-order valence-electron chi connectivity index (χ3n) is 3.83. The number of hydrogen-bond acceptors (Lipinski definition) is 4. The van der Waals surface area contributed by atoms with Gasteiger partial charge >= 0.3 is 5.97 Å². The number of anilines is 1. The number of carbonyl (C=O) groups excluding carboxylic acids is 1. The minimum atomic E-state index is -0.855. The summed E-state index contributed by atoms with van der Waals surface area (Å²) in [6, 6.07) is 2.64. The lowest BCUT2D eigenvalue weighted by atomic mass is 9.76. The minimum Gasteiger partial charge on any atom is -0.480 e. The van der Waals surface area contributed by atoms with E-state index in [4.69, 9.17) is 5.73 Å². The molecule has 20 heavy (non-hydrogen) atoms. The fourth-order valence-corrected chi connectivity index (χ4v) is 2.87. The molecule has 1 unspecified atom stereocenters. The first-order valence-corrected chi connectivity index (χ1v) is 6.58. The number of rotatable bonds is 3. The normalized spacial score (nSPS) is 21.5. The summed E-state index contributed by atoms with van der Waals surface area (Å²) in [5.74, 6) is -1.47. The smallest absolute Gasteiger partial charge is 0.326 e. The third-order valence-corrected chi connectivity index (χ3v) is 3.83. The molecular formula is C14H19N3O3. The molecule has 0 bridgehead atoms. The SMILES string of the molecule is CC1(C)CCCN(c2ccnc(C(N)=O)c2)C1C(=O)O. The van der Waals surface area contributed by atoms with Crippen LogP contribution in [-0.2, 0) is 4.79 Å². The highest BCUT2D eigenvalue weighted by Gasteiger charge is 2.42. The van der Waals surface area contributed by atoms with E-state index in [1.54, 1.807) is 12.1 Å². The zero-order valence-electron chi connectivity index (χ0n) is 11.7. The van der Waals surface area contributed by atoms with Gasteiger partial charge in [-0.25, -0.2) is 4.79 Å². The summed E-state index contributed by atoms with van der Waals surface area (Å²) < 4.78 is 0. The number of primary amides is 1. The molecule has 1 fully saturated rings. The first-order valence-electron chi connectivity index (χ1n) is 6.58. The van der Waals surface area contributed by atoms with E-state index in [0.29, 0.717) is 12.2 Å². The van der Waals surface area contributed by atoms with Crippen molar-refractivity contribution in [2.45, 2.75) is 32.7 Å². The Labute approximate surface area is 117 Å². The molecule has 1 aromatic heterocycles. The van der Waals surface area contributed by atoms with Gasteiger partial charge in [0.15, 0.2) is 0 Å². The highest BCUT2D eigenvalue weighted by atomic mass is 16.4. The number of aromatic nitrogens is 1. The number of nitrogens with two attached hydrogens (primary N) is 1. The molecule has 1 aliphatic heterocycles. The number of carboxylic acids is 1. The Kier molecular flexibility index (Phi) is 3.65. The molecule has 2 heterocycles. The van der Waals surface area contributed by atoms with Gasteiger partial charge in [0.2, 0.25) is 0 Å². The van der Waals surface area contributed by atoms with Gasteiger partial charge in [-0.05, 0) is 30.4 Å². The van der Waals surface area contributed by atoms with Crippen molar-refractivity contribution in [3.8, 4) is 0 Å². The summed E-state index contributed by atoms with van der Waals surface area (Å²) in [7, 11) is 0. The number of nitrogens with zero attached hydrogens (tertiary/aromatic N) is 2. The molecular weight excluding hydrogens is 258 g/mol. The topological polar surface area (TPSA) is 96.5 Å². The zero-order valence-corrected chi connectivity index (χ0v) is 11.7. The van der Waals surface area contributed by atoms with Crippen LogP contribution in [0, 0.1) is 5.41 Å². The Hall–Kier alpha value is -2.11. The van der Waals surface area contributed by atoms with Crippen molar-refractivity contribution >= 4 is 17.6 Å². The monoisotopic (exact) mass is 277 g/mol. The highest BCUT2D eigenvalue weighted by molar-refractivity contribution is 5.92. The fraction of sp³-hybridized carbons (Fsp3) is 0.500. The number of carboxylic acid groups (broad SMARTS) is 1. The van der Waals surface area contributed by atoms with Gasteiger partial charge in [-0.1, -0.05) is 13.8 Å². The van der Waals surface area contributed by atoms with E-state index < -0.39 is 17.9 Å². The second-order valence-electron chi connectivity index (χ2n) is 5.79. The average molecular weight is 277 g/mol. The molecule has 1 atom stereocenters. The Morgan fingerprint density at radius 3 is 2.80 bits per heavy atom. The van der Waals surface area contributed by atoms with Gasteiger partial charge in [0, 0.05) is 18.4 Å². The van der Waals surface area contributed by atoms with Crippen LogP contribution in [0.4, 0.5) is 5.69 Å². The van der Waals surface area contributed by atoms with E-state index in [9.17, 15) is 14.7 Å². The summed E-state index contributed by atoms with van der Waals surface area (Å²) in [6.07, 6.45) is 3.25. The van der Waals surface area contributed by atoms with Crippen LogP contribution in [0.1, 0.15) is 37.2 Å². The van der Waals surface area contributed by atoms with Crippen LogP contribution >= 0.6 is 0 Å². The van der Waals surface area contributed by atoms with E-state index >= 15 is 0 Å². The molecule has 6 nitrogen and oxygen atoms in total. The predicted molar refractivity (Wildman–Crippen MR) is 74.5 cm³/mol. The zero-order chi connectivity index (χ0) is 14.9. The van der Waals surface area contributed by atoms with Crippen molar-refractivity contribution in [1.29, 1.82) is 0 Å². The largest absolute Gasteiger partial charge is 0.480 e. The van der Waals surface area contributed by atoms with Crippen LogP contribution < -0.4 is 10.6 Å². The van der Waals surface area contributed by atoms with Crippen LogP contribution in [0.5, 0.6) is 0 Å². The number of pyridine rings is 1. The number of hydrogen-bond donors (Lipinski definition) is 2. The van der Waals surface area contributed by atoms with Crippen molar-refractivity contribution in [3.05, 3.63) is 24.0 Å². The molecule has 6 heteroatoms. The van der Waals surface area contributed by atoms with Crippen LogP contribution in [0.15, 0.2) is 18.3 Å². The van der Waals surface area contributed by atoms with Gasteiger partial charge in [0.05, 0.1) is 0 Å². The average Bonchev–Trinajstić information content (AvgIpc) is 2.36. The number of piperidine rings is 1. The third kappa shape index (κ3) is 2.59. The summed E-state index contributed by atoms with van der Waals surface area (Å²) in [6.45, 7) is 4.55. The number of aliphatic carboxylic acids is 1. The van der Waals surface area contributed by atoms with E-state index in [1.165, 1.54) is 6.20 Å². The van der Waals surface area contributed by atoms with Gasteiger partial charge in [0.1, 0.15) is 11.7 Å². The highest BCUT2D eigenvalue weighted by Crippen LogP contribution is 2.37. The van der Waals surface area contributed by atoms with Crippen molar-refractivity contribution in [2.75, 3.05) is 11.4 Å². The maximum Gasteiger partial charge on any atom is 0.326 e. The fourth-order valence-electron chi connectivity index (χ4n) is 2.87. The maximum atomic E-state index is 11.6. The van der Waals surface area contributed by atoms with Crippen LogP contribution in [0.2, 0.25) is 0 Å². The number of carbonyl (C=O) groups is 2. The first kappa shape index (κ1) is 14.3.